The molecule has 0 unspecified atom stereocenters. The molecule has 2 fully saturated rings. The van der Waals surface area contributed by atoms with E-state index in [4.69, 9.17) is 0 Å². The number of hydrogen-bond donors (Lipinski definition) is 1. The van der Waals surface area contributed by atoms with Crippen LogP contribution in [0.1, 0.15) is 17.5 Å². The highest BCUT2D eigenvalue weighted by atomic mass is 16.3. The van der Waals surface area contributed by atoms with E-state index < -0.39 is 0 Å². The second kappa shape index (κ2) is 7.06. The zero-order chi connectivity index (χ0) is 16.4. The van der Waals surface area contributed by atoms with Crippen LogP contribution >= 0.6 is 0 Å². The van der Waals surface area contributed by atoms with Crippen molar-refractivity contribution < 1.29 is 5.11 Å². The molecule has 0 aromatic heterocycles. The molecule has 0 aliphatic carbocycles. The molecule has 126 valence electrons. The fourth-order valence-electron chi connectivity index (χ4n) is 4.27. The number of rotatable bonds is 4. The minimum Gasteiger partial charge on any atom is -0.392 e. The van der Waals surface area contributed by atoms with Gasteiger partial charge in [-0.1, -0.05) is 60.7 Å². The van der Waals surface area contributed by atoms with Gasteiger partial charge in [-0.2, -0.15) is 0 Å². The van der Waals surface area contributed by atoms with Crippen LogP contribution in [0.5, 0.6) is 0 Å². The highest BCUT2D eigenvalue weighted by molar-refractivity contribution is 5.18. The zero-order valence-corrected chi connectivity index (χ0v) is 14.1. The number of piperazine rings is 1. The van der Waals surface area contributed by atoms with Crippen LogP contribution in [-0.2, 0) is 13.0 Å². The van der Waals surface area contributed by atoms with Crippen molar-refractivity contribution >= 4 is 0 Å². The third kappa shape index (κ3) is 3.54. The van der Waals surface area contributed by atoms with Gasteiger partial charge >= 0.3 is 0 Å². The van der Waals surface area contributed by atoms with Crippen molar-refractivity contribution in [3.8, 4) is 0 Å². The van der Waals surface area contributed by atoms with Gasteiger partial charge < -0.3 is 5.11 Å². The van der Waals surface area contributed by atoms with Gasteiger partial charge in [-0.3, -0.25) is 9.80 Å². The largest absolute Gasteiger partial charge is 0.392 e. The molecule has 4 rings (SSSR count). The molecule has 24 heavy (non-hydrogen) atoms. The lowest BCUT2D eigenvalue weighted by atomic mass is 9.99. The molecule has 2 heterocycles. The first-order chi connectivity index (χ1) is 11.8. The standard InChI is InChI=1S/C21H26N2O/c24-21-12-20-15-22(13-18-9-5-2-6-10-18)19(14-23(20)16-21)11-17-7-3-1-4-8-17/h1-10,19-21,24H,11-16H2/t19-,20-,21+/m0/s1. The first kappa shape index (κ1) is 15.8. The summed E-state index contributed by atoms with van der Waals surface area (Å²) in [6.07, 6.45) is 1.85. The smallest absolute Gasteiger partial charge is 0.0682 e. The van der Waals surface area contributed by atoms with Crippen molar-refractivity contribution in [2.75, 3.05) is 19.6 Å². The number of hydrogen-bond acceptors (Lipinski definition) is 3. The van der Waals surface area contributed by atoms with Crippen LogP contribution in [-0.4, -0.2) is 52.7 Å². The van der Waals surface area contributed by atoms with Crippen LogP contribution < -0.4 is 0 Å². The third-order valence-electron chi connectivity index (χ3n) is 5.46. The van der Waals surface area contributed by atoms with Crippen molar-refractivity contribution in [3.63, 3.8) is 0 Å². The van der Waals surface area contributed by atoms with Gasteiger partial charge in [0.25, 0.3) is 0 Å². The second-order valence-corrected chi connectivity index (χ2v) is 7.26. The van der Waals surface area contributed by atoms with E-state index in [1.807, 2.05) is 0 Å². The van der Waals surface area contributed by atoms with E-state index in [-0.39, 0.29) is 6.10 Å². The highest BCUT2D eigenvalue weighted by Crippen LogP contribution is 2.27. The van der Waals surface area contributed by atoms with Crippen molar-refractivity contribution in [3.05, 3.63) is 71.8 Å². The number of fused-ring (bicyclic) bond motifs is 1. The molecule has 3 nitrogen and oxygen atoms in total. The van der Waals surface area contributed by atoms with E-state index in [0.717, 1.165) is 39.0 Å². The van der Waals surface area contributed by atoms with E-state index >= 15 is 0 Å². The van der Waals surface area contributed by atoms with E-state index in [9.17, 15) is 5.11 Å². The summed E-state index contributed by atoms with van der Waals surface area (Å²) in [5, 5.41) is 10.1. The minimum atomic E-state index is -0.149. The number of benzene rings is 2. The normalized spacial score (nSPS) is 28.0. The molecule has 0 amide bonds. The molecule has 2 saturated heterocycles. The predicted octanol–water partition coefficient (Wildman–Crippen LogP) is 2.55. The predicted molar refractivity (Wildman–Crippen MR) is 96.8 cm³/mol. The summed E-state index contributed by atoms with van der Waals surface area (Å²) in [7, 11) is 0. The molecule has 1 N–H and O–H groups in total. The summed E-state index contributed by atoms with van der Waals surface area (Å²) >= 11 is 0. The fraction of sp³-hybridized carbons (Fsp3) is 0.429. The Labute approximate surface area is 144 Å². The summed E-state index contributed by atoms with van der Waals surface area (Å²) in [5.41, 5.74) is 2.78. The van der Waals surface area contributed by atoms with Crippen LogP contribution in [0.15, 0.2) is 60.7 Å². The van der Waals surface area contributed by atoms with Crippen molar-refractivity contribution in [1.29, 1.82) is 0 Å². The van der Waals surface area contributed by atoms with Gasteiger partial charge in [-0.05, 0) is 24.0 Å². The molecule has 0 spiro atoms. The molecule has 0 bridgehead atoms. The van der Waals surface area contributed by atoms with Crippen LogP contribution in [0.25, 0.3) is 0 Å². The molecular formula is C21H26N2O. The second-order valence-electron chi connectivity index (χ2n) is 7.26. The number of aliphatic hydroxyl groups excluding tert-OH is 1. The van der Waals surface area contributed by atoms with Gasteiger partial charge in [-0.25, -0.2) is 0 Å². The lowest BCUT2D eigenvalue weighted by molar-refractivity contribution is 0.0445. The Balaban J connectivity index is 1.52. The minimum absolute atomic E-state index is 0.149. The maximum Gasteiger partial charge on any atom is 0.0682 e. The fourth-order valence-corrected chi connectivity index (χ4v) is 4.27. The SMILES string of the molecule is O[C@@H]1C[C@H]2CN(Cc3ccccc3)[C@@H](Cc3ccccc3)CN2C1. The number of aliphatic hydroxyl groups is 1. The lowest BCUT2D eigenvalue weighted by Crippen LogP contribution is -2.56. The Morgan fingerprint density at radius 3 is 2.21 bits per heavy atom. The first-order valence-corrected chi connectivity index (χ1v) is 9.02. The Morgan fingerprint density at radius 2 is 1.50 bits per heavy atom. The van der Waals surface area contributed by atoms with Crippen molar-refractivity contribution in [2.24, 2.45) is 0 Å². The Bertz CT molecular complexity index is 588. The lowest BCUT2D eigenvalue weighted by Gasteiger charge is -2.43. The van der Waals surface area contributed by atoms with Gasteiger partial charge in [0.05, 0.1) is 6.10 Å². The van der Waals surface area contributed by atoms with Crippen molar-refractivity contribution in [2.45, 2.75) is 37.6 Å². The molecular weight excluding hydrogens is 296 g/mol. The molecule has 2 aliphatic heterocycles. The summed E-state index contributed by atoms with van der Waals surface area (Å²) in [5.74, 6) is 0. The summed E-state index contributed by atoms with van der Waals surface area (Å²) < 4.78 is 0. The Hall–Kier alpha value is -1.68. The molecule has 0 radical (unpaired) electrons. The van der Waals surface area contributed by atoms with Gasteiger partial charge in [0, 0.05) is 38.3 Å². The molecule has 3 heteroatoms. The topological polar surface area (TPSA) is 26.7 Å². The summed E-state index contributed by atoms with van der Waals surface area (Å²) in [6, 6.07) is 22.6. The van der Waals surface area contributed by atoms with Gasteiger partial charge in [0.1, 0.15) is 0 Å². The summed E-state index contributed by atoms with van der Waals surface area (Å²) in [4.78, 5) is 5.13. The van der Waals surface area contributed by atoms with Crippen LogP contribution in [0, 0.1) is 0 Å². The van der Waals surface area contributed by atoms with Crippen molar-refractivity contribution in [1.82, 2.24) is 9.80 Å². The molecule has 2 aliphatic rings. The maximum atomic E-state index is 10.1. The van der Waals surface area contributed by atoms with Crippen LogP contribution in [0.2, 0.25) is 0 Å². The Kier molecular flexibility index (Phi) is 4.65. The third-order valence-corrected chi connectivity index (χ3v) is 5.46. The van der Waals surface area contributed by atoms with Gasteiger partial charge in [0.2, 0.25) is 0 Å². The average molecular weight is 322 g/mol. The van der Waals surface area contributed by atoms with E-state index in [0.29, 0.717) is 12.1 Å². The first-order valence-electron chi connectivity index (χ1n) is 9.02. The monoisotopic (exact) mass is 322 g/mol. The van der Waals surface area contributed by atoms with E-state index in [2.05, 4.69) is 70.5 Å². The van der Waals surface area contributed by atoms with E-state index in [1.165, 1.54) is 11.1 Å². The summed E-state index contributed by atoms with van der Waals surface area (Å²) in [6.45, 7) is 3.96. The quantitative estimate of drug-likeness (QED) is 0.937. The van der Waals surface area contributed by atoms with Gasteiger partial charge in [-0.15, -0.1) is 0 Å². The molecule has 3 atom stereocenters. The van der Waals surface area contributed by atoms with Crippen LogP contribution in [0.4, 0.5) is 0 Å². The van der Waals surface area contributed by atoms with Gasteiger partial charge in [0.15, 0.2) is 0 Å². The molecule has 2 aromatic rings. The maximum absolute atomic E-state index is 10.1. The van der Waals surface area contributed by atoms with Crippen LogP contribution in [0.3, 0.4) is 0 Å². The molecule has 0 saturated carbocycles. The highest BCUT2D eigenvalue weighted by Gasteiger charge is 2.39. The van der Waals surface area contributed by atoms with E-state index in [1.54, 1.807) is 0 Å². The molecule has 2 aromatic carbocycles. The zero-order valence-electron chi connectivity index (χ0n) is 14.1. The number of nitrogens with zero attached hydrogens (tertiary/aromatic N) is 2. The average Bonchev–Trinajstić information content (AvgIpc) is 2.96. The Morgan fingerprint density at radius 1 is 0.833 bits per heavy atom.